The van der Waals surface area contributed by atoms with Crippen LogP contribution >= 0.6 is 12.2 Å². The van der Waals surface area contributed by atoms with Gasteiger partial charge in [-0.3, -0.25) is 0 Å². The molecule has 110 valence electrons. The quantitative estimate of drug-likeness (QED) is 0.803. The van der Waals surface area contributed by atoms with Gasteiger partial charge in [-0.15, -0.1) is 0 Å². The first-order chi connectivity index (χ1) is 10.3. The lowest BCUT2D eigenvalue weighted by molar-refractivity contribution is 0.336. The average Bonchev–Trinajstić information content (AvgIpc) is 2.50. The minimum atomic E-state index is 0.572. The van der Waals surface area contributed by atoms with Crippen LogP contribution < -0.4 is 15.4 Å². The molecule has 2 aromatic rings. The molecule has 2 N–H and O–H groups in total. The molecule has 0 spiro atoms. The summed E-state index contributed by atoms with van der Waals surface area (Å²) < 4.78 is 5.60. The summed E-state index contributed by atoms with van der Waals surface area (Å²) in [6.45, 7) is 3.40. The summed E-state index contributed by atoms with van der Waals surface area (Å²) >= 11 is 5.24. The number of rotatable bonds is 6. The van der Waals surface area contributed by atoms with E-state index >= 15 is 0 Å². The van der Waals surface area contributed by atoms with Gasteiger partial charge >= 0.3 is 0 Å². The third-order valence-electron chi connectivity index (χ3n) is 2.86. The van der Waals surface area contributed by atoms with Crippen LogP contribution in [0.25, 0.3) is 0 Å². The van der Waals surface area contributed by atoms with Gasteiger partial charge in [0.05, 0.1) is 6.61 Å². The number of benzene rings is 1. The van der Waals surface area contributed by atoms with Gasteiger partial charge < -0.3 is 15.4 Å². The first-order valence-corrected chi connectivity index (χ1v) is 7.37. The van der Waals surface area contributed by atoms with Crippen LogP contribution in [0.5, 0.6) is 5.75 Å². The summed E-state index contributed by atoms with van der Waals surface area (Å²) in [7, 11) is 0. The van der Waals surface area contributed by atoms with Gasteiger partial charge in [0, 0.05) is 12.7 Å². The molecule has 1 heterocycles. The lowest BCUT2D eigenvalue weighted by Crippen LogP contribution is -2.30. The lowest BCUT2D eigenvalue weighted by atomic mass is 10.1. The molecule has 0 atom stereocenters. The van der Waals surface area contributed by atoms with Crippen molar-refractivity contribution in [2.75, 3.05) is 18.5 Å². The highest BCUT2D eigenvalue weighted by molar-refractivity contribution is 7.80. The van der Waals surface area contributed by atoms with Crippen molar-refractivity contribution in [2.24, 2.45) is 0 Å². The zero-order chi connectivity index (χ0) is 14.9. The third kappa shape index (κ3) is 5.04. The number of nitrogens with one attached hydrogen (secondary N) is 2. The molecule has 0 aliphatic heterocycles. The Kier molecular flexibility index (Phi) is 5.97. The number of para-hydroxylation sites is 1. The predicted octanol–water partition coefficient (Wildman–Crippen LogP) is 3.01. The molecule has 0 unspecified atom stereocenters. The summed E-state index contributed by atoms with van der Waals surface area (Å²) in [5.41, 5.74) is 1.17. The van der Waals surface area contributed by atoms with Crippen molar-refractivity contribution < 1.29 is 4.74 Å². The molecule has 4 nitrogen and oxygen atoms in total. The number of nitrogens with zero attached hydrogens (tertiary/aromatic N) is 1. The van der Waals surface area contributed by atoms with Crippen LogP contribution in [0.4, 0.5) is 5.82 Å². The maximum atomic E-state index is 5.60. The normalized spacial score (nSPS) is 9.95. The Morgan fingerprint density at radius 3 is 2.76 bits per heavy atom. The van der Waals surface area contributed by atoms with Crippen molar-refractivity contribution >= 4 is 23.1 Å². The second-order valence-electron chi connectivity index (χ2n) is 4.39. The molecule has 5 heteroatoms. The predicted molar refractivity (Wildman–Crippen MR) is 89.8 cm³/mol. The van der Waals surface area contributed by atoms with Gasteiger partial charge in [-0.2, -0.15) is 0 Å². The first-order valence-electron chi connectivity index (χ1n) is 6.96. The van der Waals surface area contributed by atoms with Crippen LogP contribution in [0.15, 0.2) is 48.7 Å². The van der Waals surface area contributed by atoms with E-state index in [2.05, 4.69) is 21.7 Å². The van der Waals surface area contributed by atoms with Crippen molar-refractivity contribution in [3.8, 4) is 5.75 Å². The fraction of sp³-hybridized carbons (Fsp3) is 0.250. The number of anilines is 1. The number of ether oxygens (including phenoxy) is 1. The van der Waals surface area contributed by atoms with E-state index in [0.29, 0.717) is 11.7 Å². The van der Waals surface area contributed by atoms with E-state index in [0.717, 1.165) is 24.5 Å². The van der Waals surface area contributed by atoms with Crippen LogP contribution in [0.2, 0.25) is 0 Å². The van der Waals surface area contributed by atoms with Gasteiger partial charge in [0.2, 0.25) is 0 Å². The molecule has 0 fully saturated rings. The number of pyridine rings is 1. The highest BCUT2D eigenvalue weighted by Crippen LogP contribution is 2.17. The van der Waals surface area contributed by atoms with Gasteiger partial charge in [0.25, 0.3) is 0 Å². The summed E-state index contributed by atoms with van der Waals surface area (Å²) in [5.74, 6) is 1.68. The summed E-state index contributed by atoms with van der Waals surface area (Å²) in [6, 6.07) is 13.7. The van der Waals surface area contributed by atoms with Crippen LogP contribution in [0.3, 0.4) is 0 Å². The fourth-order valence-corrected chi connectivity index (χ4v) is 2.12. The maximum Gasteiger partial charge on any atom is 0.171 e. The molecular weight excluding hydrogens is 282 g/mol. The largest absolute Gasteiger partial charge is 0.494 e. The van der Waals surface area contributed by atoms with E-state index in [9.17, 15) is 0 Å². The van der Waals surface area contributed by atoms with Crippen LogP contribution in [-0.4, -0.2) is 23.2 Å². The Bertz CT molecular complexity index is 575. The number of hydrogen-bond donors (Lipinski definition) is 2. The zero-order valence-corrected chi connectivity index (χ0v) is 12.8. The molecule has 1 aromatic heterocycles. The Morgan fingerprint density at radius 1 is 1.19 bits per heavy atom. The summed E-state index contributed by atoms with van der Waals surface area (Å²) in [4.78, 5) is 4.16. The van der Waals surface area contributed by atoms with Crippen LogP contribution in [0, 0.1) is 0 Å². The summed E-state index contributed by atoms with van der Waals surface area (Å²) in [6.07, 6.45) is 2.57. The van der Waals surface area contributed by atoms with E-state index in [4.69, 9.17) is 17.0 Å². The Balaban J connectivity index is 1.80. The molecule has 21 heavy (non-hydrogen) atoms. The Labute approximate surface area is 130 Å². The standard InChI is InChI=1S/C16H19N3OS/c1-2-20-14-8-4-3-7-13(14)10-12-18-16(21)19-15-9-5-6-11-17-15/h3-9,11H,2,10,12H2,1H3,(H2,17,18,19,21). The van der Waals surface area contributed by atoms with E-state index in [-0.39, 0.29) is 0 Å². The van der Waals surface area contributed by atoms with Gasteiger partial charge in [0.1, 0.15) is 11.6 Å². The lowest BCUT2D eigenvalue weighted by Gasteiger charge is -2.12. The molecule has 0 amide bonds. The molecule has 0 radical (unpaired) electrons. The summed E-state index contributed by atoms with van der Waals surface area (Å²) in [5, 5.41) is 6.79. The first kappa shape index (κ1) is 15.3. The minimum Gasteiger partial charge on any atom is -0.494 e. The number of thiocarbonyl (C=S) groups is 1. The van der Waals surface area contributed by atoms with E-state index in [1.54, 1.807) is 6.20 Å². The van der Waals surface area contributed by atoms with Crippen molar-refractivity contribution in [1.82, 2.24) is 10.3 Å². The Morgan fingerprint density at radius 2 is 2.00 bits per heavy atom. The van der Waals surface area contributed by atoms with Gasteiger partial charge in [-0.05, 0) is 49.3 Å². The monoisotopic (exact) mass is 301 g/mol. The molecule has 0 bridgehead atoms. The average molecular weight is 301 g/mol. The minimum absolute atomic E-state index is 0.572. The second kappa shape index (κ2) is 8.21. The number of hydrogen-bond acceptors (Lipinski definition) is 3. The van der Waals surface area contributed by atoms with Crippen LogP contribution in [-0.2, 0) is 6.42 Å². The van der Waals surface area contributed by atoms with E-state index < -0.39 is 0 Å². The fourth-order valence-electron chi connectivity index (χ4n) is 1.91. The Hall–Kier alpha value is -2.14. The van der Waals surface area contributed by atoms with Crippen molar-refractivity contribution in [3.05, 3.63) is 54.2 Å². The SMILES string of the molecule is CCOc1ccccc1CCNC(=S)Nc1ccccn1. The maximum absolute atomic E-state index is 5.60. The molecule has 0 saturated carbocycles. The topological polar surface area (TPSA) is 46.2 Å². The van der Waals surface area contributed by atoms with Gasteiger partial charge in [-0.25, -0.2) is 4.98 Å². The zero-order valence-electron chi connectivity index (χ0n) is 12.0. The van der Waals surface area contributed by atoms with Crippen molar-refractivity contribution in [1.29, 1.82) is 0 Å². The molecular formula is C16H19N3OS. The van der Waals surface area contributed by atoms with Crippen molar-refractivity contribution in [3.63, 3.8) is 0 Å². The van der Waals surface area contributed by atoms with E-state index in [1.165, 1.54) is 5.56 Å². The highest BCUT2D eigenvalue weighted by Gasteiger charge is 2.03. The van der Waals surface area contributed by atoms with Crippen molar-refractivity contribution in [2.45, 2.75) is 13.3 Å². The second-order valence-corrected chi connectivity index (χ2v) is 4.79. The van der Waals surface area contributed by atoms with Gasteiger partial charge in [-0.1, -0.05) is 24.3 Å². The molecule has 0 aliphatic carbocycles. The van der Waals surface area contributed by atoms with Crippen LogP contribution in [0.1, 0.15) is 12.5 Å². The third-order valence-corrected chi connectivity index (χ3v) is 3.11. The molecule has 1 aromatic carbocycles. The number of aromatic nitrogens is 1. The molecule has 0 saturated heterocycles. The highest BCUT2D eigenvalue weighted by atomic mass is 32.1. The van der Waals surface area contributed by atoms with E-state index in [1.807, 2.05) is 43.3 Å². The molecule has 0 aliphatic rings. The molecule has 2 rings (SSSR count). The van der Waals surface area contributed by atoms with Gasteiger partial charge in [0.15, 0.2) is 5.11 Å². The smallest absolute Gasteiger partial charge is 0.171 e.